The summed E-state index contributed by atoms with van der Waals surface area (Å²) in [5, 5.41) is 4.54. The molecule has 2 rings (SSSR count). The summed E-state index contributed by atoms with van der Waals surface area (Å²) < 4.78 is 0. The third-order valence-corrected chi connectivity index (χ3v) is 3.60. The minimum absolute atomic E-state index is 0.134. The first-order valence-corrected chi connectivity index (χ1v) is 8.07. The second-order valence-electron chi connectivity index (χ2n) is 5.49. The molecule has 0 aliphatic rings. The fraction of sp³-hybridized carbons (Fsp3) is 0.263. The summed E-state index contributed by atoms with van der Waals surface area (Å²) >= 11 is 0. The van der Waals surface area contributed by atoms with Gasteiger partial charge in [-0.1, -0.05) is 35.9 Å². The lowest BCUT2D eigenvalue weighted by Gasteiger charge is -2.24. The summed E-state index contributed by atoms with van der Waals surface area (Å²) in [5.41, 5.74) is 5.56. The number of amides is 2. The average molecular weight is 325 g/mol. The highest BCUT2D eigenvalue weighted by atomic mass is 16.2. The largest absolute Gasteiger partial charge is 0.352 e. The molecular formula is C19H23N3O2. The van der Waals surface area contributed by atoms with Crippen LogP contribution < -0.4 is 15.8 Å². The lowest BCUT2D eigenvalue weighted by molar-refractivity contribution is -0.121. The van der Waals surface area contributed by atoms with Gasteiger partial charge in [0.25, 0.3) is 5.91 Å². The summed E-state index contributed by atoms with van der Waals surface area (Å²) in [5.74, 6) is -0.305. The number of nitrogens with zero attached hydrogens (tertiary/aromatic N) is 1. The van der Waals surface area contributed by atoms with Crippen molar-refractivity contribution in [2.75, 3.05) is 18.1 Å². The van der Waals surface area contributed by atoms with Crippen molar-refractivity contribution >= 4 is 17.5 Å². The molecule has 5 nitrogen and oxygen atoms in total. The quantitative estimate of drug-likeness (QED) is 0.770. The molecule has 0 aliphatic carbocycles. The van der Waals surface area contributed by atoms with E-state index in [2.05, 4.69) is 10.7 Å². The molecule has 2 N–H and O–H groups in total. The van der Waals surface area contributed by atoms with E-state index in [9.17, 15) is 9.59 Å². The van der Waals surface area contributed by atoms with E-state index in [1.165, 1.54) is 5.56 Å². The monoisotopic (exact) mass is 325 g/mol. The molecule has 0 aromatic heterocycles. The molecule has 0 radical (unpaired) electrons. The standard InChI is InChI=1S/C19H23N3O2/c1-3-22(17-11-9-15(2)10-12-17)21-18(23)13-14-20-19(24)16-7-5-4-6-8-16/h4-12H,3,13-14H2,1-2H3,(H,20,24)(H,21,23). The second kappa shape index (κ2) is 8.72. The van der Waals surface area contributed by atoms with Crippen LogP contribution in [0.15, 0.2) is 54.6 Å². The van der Waals surface area contributed by atoms with Crippen molar-refractivity contribution in [3.8, 4) is 0 Å². The summed E-state index contributed by atoms with van der Waals surface area (Å²) in [6.45, 7) is 4.95. The van der Waals surface area contributed by atoms with Crippen LogP contribution in [-0.2, 0) is 4.79 Å². The third-order valence-electron chi connectivity index (χ3n) is 3.60. The van der Waals surface area contributed by atoms with Crippen LogP contribution in [0.25, 0.3) is 0 Å². The Morgan fingerprint density at radius 1 is 1.00 bits per heavy atom. The summed E-state index contributed by atoms with van der Waals surface area (Å²) in [6, 6.07) is 16.9. The van der Waals surface area contributed by atoms with E-state index in [0.29, 0.717) is 18.7 Å². The van der Waals surface area contributed by atoms with Crippen LogP contribution in [0.4, 0.5) is 5.69 Å². The maximum atomic E-state index is 12.1. The molecule has 0 spiro atoms. The molecule has 0 aliphatic heterocycles. The van der Waals surface area contributed by atoms with Gasteiger partial charge in [-0.05, 0) is 38.1 Å². The lowest BCUT2D eigenvalue weighted by atomic mass is 10.2. The average Bonchev–Trinajstić information content (AvgIpc) is 2.61. The van der Waals surface area contributed by atoms with Crippen LogP contribution in [-0.4, -0.2) is 24.9 Å². The zero-order chi connectivity index (χ0) is 17.4. The number of rotatable bonds is 7. The van der Waals surface area contributed by atoms with Gasteiger partial charge < -0.3 is 5.32 Å². The molecule has 0 saturated carbocycles. The number of nitrogens with one attached hydrogen (secondary N) is 2. The van der Waals surface area contributed by atoms with Gasteiger partial charge in [0, 0.05) is 25.1 Å². The normalized spacial score (nSPS) is 10.1. The SMILES string of the molecule is CCN(NC(=O)CCNC(=O)c1ccccc1)c1ccc(C)cc1. The zero-order valence-electron chi connectivity index (χ0n) is 14.1. The van der Waals surface area contributed by atoms with Crippen LogP contribution in [0.1, 0.15) is 29.3 Å². The van der Waals surface area contributed by atoms with Gasteiger partial charge in [-0.25, -0.2) is 0 Å². The van der Waals surface area contributed by atoms with Crippen molar-refractivity contribution in [2.24, 2.45) is 0 Å². The van der Waals surface area contributed by atoms with E-state index >= 15 is 0 Å². The number of hydrogen-bond donors (Lipinski definition) is 2. The number of benzene rings is 2. The molecule has 0 saturated heterocycles. The molecule has 0 atom stereocenters. The van der Waals surface area contributed by atoms with Gasteiger partial charge in [0.2, 0.25) is 5.91 Å². The highest BCUT2D eigenvalue weighted by Gasteiger charge is 2.10. The fourth-order valence-electron chi connectivity index (χ4n) is 2.24. The minimum atomic E-state index is -0.172. The number of carbonyl (C=O) groups is 2. The van der Waals surface area contributed by atoms with E-state index in [-0.39, 0.29) is 18.2 Å². The van der Waals surface area contributed by atoms with Crippen LogP contribution in [0.3, 0.4) is 0 Å². The molecule has 24 heavy (non-hydrogen) atoms. The molecule has 5 heteroatoms. The first-order chi connectivity index (χ1) is 11.6. The molecule has 2 amide bonds. The van der Waals surface area contributed by atoms with E-state index in [1.807, 2.05) is 56.3 Å². The Hall–Kier alpha value is -2.82. The van der Waals surface area contributed by atoms with Crippen molar-refractivity contribution in [1.29, 1.82) is 0 Å². The molecular weight excluding hydrogens is 302 g/mol. The Balaban J connectivity index is 1.79. The predicted molar refractivity (Wildman–Crippen MR) is 95.7 cm³/mol. The van der Waals surface area contributed by atoms with Crippen molar-refractivity contribution < 1.29 is 9.59 Å². The van der Waals surface area contributed by atoms with E-state index in [0.717, 1.165) is 5.69 Å². The van der Waals surface area contributed by atoms with Crippen molar-refractivity contribution in [2.45, 2.75) is 20.3 Å². The number of anilines is 1. The second-order valence-corrected chi connectivity index (χ2v) is 5.49. The number of hydrazine groups is 1. The summed E-state index contributed by atoms with van der Waals surface area (Å²) in [7, 11) is 0. The van der Waals surface area contributed by atoms with E-state index in [1.54, 1.807) is 17.1 Å². The van der Waals surface area contributed by atoms with E-state index < -0.39 is 0 Å². The van der Waals surface area contributed by atoms with Gasteiger partial charge in [0.1, 0.15) is 0 Å². The molecule has 2 aromatic carbocycles. The molecule has 0 unspecified atom stereocenters. The minimum Gasteiger partial charge on any atom is -0.352 e. The maximum absolute atomic E-state index is 12.1. The van der Waals surface area contributed by atoms with Crippen molar-refractivity contribution in [3.63, 3.8) is 0 Å². The highest BCUT2D eigenvalue weighted by molar-refractivity contribution is 5.94. The predicted octanol–water partition coefficient (Wildman–Crippen LogP) is 2.67. The molecule has 0 bridgehead atoms. The van der Waals surface area contributed by atoms with Crippen LogP contribution in [0.2, 0.25) is 0 Å². The highest BCUT2D eigenvalue weighted by Crippen LogP contribution is 2.12. The van der Waals surface area contributed by atoms with Gasteiger partial charge in [-0.15, -0.1) is 0 Å². The number of hydrogen-bond acceptors (Lipinski definition) is 3. The maximum Gasteiger partial charge on any atom is 0.251 e. The van der Waals surface area contributed by atoms with Crippen molar-refractivity contribution in [3.05, 3.63) is 65.7 Å². The van der Waals surface area contributed by atoms with Crippen LogP contribution in [0, 0.1) is 6.92 Å². The third kappa shape index (κ3) is 5.12. The Morgan fingerprint density at radius 3 is 2.29 bits per heavy atom. The smallest absolute Gasteiger partial charge is 0.251 e. The Morgan fingerprint density at radius 2 is 1.67 bits per heavy atom. The Labute approximate surface area is 142 Å². The topological polar surface area (TPSA) is 61.4 Å². The lowest BCUT2D eigenvalue weighted by Crippen LogP contribution is -2.43. The Bertz CT molecular complexity index is 669. The van der Waals surface area contributed by atoms with E-state index in [4.69, 9.17) is 0 Å². The zero-order valence-corrected chi connectivity index (χ0v) is 14.1. The van der Waals surface area contributed by atoms with Crippen LogP contribution >= 0.6 is 0 Å². The number of aryl methyl sites for hydroxylation is 1. The van der Waals surface area contributed by atoms with Gasteiger partial charge in [0.05, 0.1) is 5.69 Å². The van der Waals surface area contributed by atoms with Gasteiger partial charge in [0.15, 0.2) is 0 Å². The summed E-state index contributed by atoms with van der Waals surface area (Å²) in [4.78, 5) is 24.0. The summed E-state index contributed by atoms with van der Waals surface area (Å²) in [6.07, 6.45) is 0.223. The molecule has 0 fully saturated rings. The van der Waals surface area contributed by atoms with Gasteiger partial charge in [-0.2, -0.15) is 0 Å². The molecule has 2 aromatic rings. The van der Waals surface area contributed by atoms with Gasteiger partial charge >= 0.3 is 0 Å². The first-order valence-electron chi connectivity index (χ1n) is 8.07. The Kier molecular flexibility index (Phi) is 6.37. The fourth-order valence-corrected chi connectivity index (χ4v) is 2.24. The number of carbonyl (C=O) groups excluding carboxylic acids is 2. The first kappa shape index (κ1) is 17.5. The van der Waals surface area contributed by atoms with Gasteiger partial charge in [-0.3, -0.25) is 20.0 Å². The molecule has 0 heterocycles. The molecule has 126 valence electrons. The van der Waals surface area contributed by atoms with Crippen molar-refractivity contribution in [1.82, 2.24) is 10.7 Å². The van der Waals surface area contributed by atoms with Crippen LogP contribution in [0.5, 0.6) is 0 Å².